The number of cyclic esters (lactones) is 1. The molecule has 0 aromatic heterocycles. The third kappa shape index (κ3) is 15.9. The van der Waals surface area contributed by atoms with Crippen LogP contribution in [0.4, 0.5) is 4.79 Å². The van der Waals surface area contributed by atoms with E-state index >= 15 is 0 Å². The second kappa shape index (κ2) is 22.7. The fourth-order valence-electron chi connectivity index (χ4n) is 7.28. The Labute approximate surface area is 321 Å². The van der Waals surface area contributed by atoms with E-state index in [2.05, 4.69) is 6.58 Å². The van der Waals surface area contributed by atoms with Gasteiger partial charge in [-0.05, 0) is 32.3 Å². The Bertz CT molecular complexity index is 1400. The quantitative estimate of drug-likeness (QED) is 0.0610. The normalized spacial score (nSPS) is 24.1. The molecule has 0 spiro atoms. The number of primary amides is 1. The highest BCUT2D eigenvalue weighted by atomic mass is 16.6. The van der Waals surface area contributed by atoms with Crippen molar-refractivity contribution in [2.75, 3.05) is 0 Å². The summed E-state index contributed by atoms with van der Waals surface area (Å²) in [6, 6.07) is 0. The van der Waals surface area contributed by atoms with E-state index in [1.54, 1.807) is 31.2 Å². The average Bonchev–Trinajstić information content (AvgIpc) is 3.05. The highest BCUT2D eigenvalue weighted by Gasteiger charge is 2.44. The molecule has 0 aromatic carbocycles. The van der Waals surface area contributed by atoms with Crippen LogP contribution in [0, 0.1) is 41.4 Å². The molecule has 13 atom stereocenters. The zero-order valence-electron chi connectivity index (χ0n) is 34.1. The number of nitrogens with two attached hydrogens (primary N) is 1. The van der Waals surface area contributed by atoms with E-state index in [-0.39, 0.29) is 36.0 Å². The van der Waals surface area contributed by atoms with Crippen LogP contribution in [-0.4, -0.2) is 72.6 Å². The van der Waals surface area contributed by atoms with E-state index in [9.17, 15) is 28.8 Å². The highest BCUT2D eigenvalue weighted by molar-refractivity contribution is 5.75. The molecule has 54 heavy (non-hydrogen) atoms. The van der Waals surface area contributed by atoms with E-state index in [1.807, 2.05) is 60.6 Å². The van der Waals surface area contributed by atoms with Crippen LogP contribution in [0.3, 0.4) is 0 Å². The van der Waals surface area contributed by atoms with Gasteiger partial charge in [-0.15, -0.1) is 0 Å². The third-order valence-corrected chi connectivity index (χ3v) is 9.70. The molecule has 0 radical (unpaired) electrons. The van der Waals surface area contributed by atoms with Gasteiger partial charge in [0, 0.05) is 63.7 Å². The SMILES string of the molecule is C=C/C=C\[C@@H](C)[C@@H](OC(N)=O)[C@H](C)[C@@H](OC(C)=O)[C@H](C)C/C(C)=C\[C@@H](C)[C@H](OC(C)=O)[C@H](C)/C=C\[C@@H](C[C@H]1OC(=O)[C@@H](C)[C@H](OC(C)=O)[C@@H]1C)OC(C)=O. The summed E-state index contributed by atoms with van der Waals surface area (Å²) >= 11 is 0. The van der Waals surface area contributed by atoms with Gasteiger partial charge in [0.05, 0.1) is 5.92 Å². The molecule has 13 nitrogen and oxygen atoms in total. The van der Waals surface area contributed by atoms with Gasteiger partial charge in [0.25, 0.3) is 0 Å². The van der Waals surface area contributed by atoms with Gasteiger partial charge < -0.3 is 34.2 Å². The maximum atomic E-state index is 12.6. The summed E-state index contributed by atoms with van der Waals surface area (Å²) < 4.78 is 33.8. The molecule has 1 fully saturated rings. The molecule has 2 N–H and O–H groups in total. The van der Waals surface area contributed by atoms with Gasteiger partial charge in [0.2, 0.25) is 0 Å². The number of esters is 5. The number of carbonyl (C=O) groups excluding carboxylic acids is 6. The Hall–Kier alpha value is -4.42. The predicted molar refractivity (Wildman–Crippen MR) is 202 cm³/mol. The van der Waals surface area contributed by atoms with E-state index < -0.39 is 84.4 Å². The van der Waals surface area contributed by atoms with Gasteiger partial charge in [-0.1, -0.05) is 84.1 Å². The first-order valence-corrected chi connectivity index (χ1v) is 18.6. The predicted octanol–water partition coefficient (Wildman–Crippen LogP) is 6.58. The number of ether oxygens (including phenoxy) is 6. The standard InChI is InChI=1S/C41H63NO12/c1-14-15-16-23(3)37(54-41(42)48)28(8)38(51-32(12)45)26(6)20-22(2)19-25(5)36(50-31(11)44)24(4)17-18-34(49-30(10)43)21-35-27(7)39(52-33(13)46)29(9)40(47)53-35/h14-19,23-29,34-39H,1,20-21H2,2-13H3,(H2,42,48)/b16-15-,18-17-,22-19-/t23-,24-,25-,26-,27-,28+,29+,34+,35-,36-,37-,38+,39-/m1/s1. The summed E-state index contributed by atoms with van der Waals surface area (Å²) in [5.74, 6) is -5.03. The molecule has 0 bridgehead atoms. The average molecular weight is 762 g/mol. The minimum absolute atomic E-state index is 0.126. The number of hydrogen-bond acceptors (Lipinski definition) is 12. The number of allylic oxidation sites excluding steroid dienone is 3. The minimum atomic E-state index is -0.932. The summed E-state index contributed by atoms with van der Waals surface area (Å²) in [5.41, 5.74) is 6.36. The molecule has 1 aliphatic rings. The van der Waals surface area contributed by atoms with Crippen molar-refractivity contribution in [2.45, 2.75) is 133 Å². The summed E-state index contributed by atoms with van der Waals surface area (Å²) in [4.78, 5) is 72.8. The topological polar surface area (TPSA) is 184 Å². The van der Waals surface area contributed by atoms with Crippen molar-refractivity contribution in [1.82, 2.24) is 0 Å². The van der Waals surface area contributed by atoms with Crippen molar-refractivity contribution < 1.29 is 57.2 Å². The van der Waals surface area contributed by atoms with Crippen LogP contribution >= 0.6 is 0 Å². The van der Waals surface area contributed by atoms with Gasteiger partial charge in [0.15, 0.2) is 0 Å². The molecular weight excluding hydrogens is 698 g/mol. The van der Waals surface area contributed by atoms with Crippen molar-refractivity contribution in [2.24, 2.45) is 47.2 Å². The van der Waals surface area contributed by atoms with Gasteiger partial charge in [-0.3, -0.25) is 24.0 Å². The summed E-state index contributed by atoms with van der Waals surface area (Å²) in [7, 11) is 0. The Morgan fingerprint density at radius 3 is 1.83 bits per heavy atom. The molecule has 304 valence electrons. The molecule has 1 heterocycles. The molecule has 0 saturated carbocycles. The Kier molecular flexibility index (Phi) is 20.0. The van der Waals surface area contributed by atoms with Crippen molar-refractivity contribution in [3.8, 4) is 0 Å². The van der Waals surface area contributed by atoms with Crippen LogP contribution < -0.4 is 5.73 Å². The molecule has 0 aromatic rings. The number of carbonyl (C=O) groups is 6. The molecule has 1 saturated heterocycles. The van der Waals surface area contributed by atoms with E-state index in [0.717, 1.165) is 5.57 Å². The van der Waals surface area contributed by atoms with Crippen LogP contribution in [0.15, 0.2) is 48.6 Å². The largest absolute Gasteiger partial charge is 0.462 e. The number of rotatable bonds is 20. The Balaban J connectivity index is 3.30. The monoisotopic (exact) mass is 761 g/mol. The first-order chi connectivity index (χ1) is 25.1. The van der Waals surface area contributed by atoms with Gasteiger partial charge >= 0.3 is 35.9 Å². The van der Waals surface area contributed by atoms with E-state index in [0.29, 0.717) is 6.42 Å². The molecule has 1 aliphatic heterocycles. The van der Waals surface area contributed by atoms with Crippen molar-refractivity contribution in [3.63, 3.8) is 0 Å². The van der Waals surface area contributed by atoms with Crippen LogP contribution in [0.1, 0.15) is 95.9 Å². The molecule has 1 amide bonds. The summed E-state index contributed by atoms with van der Waals surface area (Å²) in [6.45, 7) is 23.8. The first-order valence-electron chi connectivity index (χ1n) is 18.6. The second-order valence-corrected chi connectivity index (χ2v) is 14.8. The Morgan fingerprint density at radius 1 is 0.759 bits per heavy atom. The van der Waals surface area contributed by atoms with Crippen LogP contribution in [-0.2, 0) is 52.4 Å². The summed E-state index contributed by atoms with van der Waals surface area (Å²) in [6.07, 6.45) is 6.27. The minimum Gasteiger partial charge on any atom is -0.462 e. The van der Waals surface area contributed by atoms with Crippen molar-refractivity contribution >= 4 is 35.9 Å². The molecule has 0 aliphatic carbocycles. The van der Waals surface area contributed by atoms with E-state index in [4.69, 9.17) is 34.2 Å². The lowest BCUT2D eigenvalue weighted by atomic mass is 9.81. The maximum Gasteiger partial charge on any atom is 0.404 e. The Morgan fingerprint density at radius 2 is 1.31 bits per heavy atom. The van der Waals surface area contributed by atoms with Gasteiger partial charge in [-0.25, -0.2) is 4.79 Å². The van der Waals surface area contributed by atoms with Crippen LogP contribution in [0.2, 0.25) is 0 Å². The highest BCUT2D eigenvalue weighted by Crippen LogP contribution is 2.34. The van der Waals surface area contributed by atoms with Crippen LogP contribution in [0.25, 0.3) is 0 Å². The fourth-order valence-corrected chi connectivity index (χ4v) is 7.28. The smallest absolute Gasteiger partial charge is 0.404 e. The lowest BCUT2D eigenvalue weighted by molar-refractivity contribution is -0.189. The molecule has 13 heteroatoms. The molecule has 0 unspecified atom stereocenters. The molecule has 1 rings (SSSR count). The van der Waals surface area contributed by atoms with Crippen molar-refractivity contribution in [3.05, 3.63) is 48.6 Å². The fraction of sp³-hybridized carbons (Fsp3) is 0.659. The first kappa shape index (κ1) is 47.6. The van der Waals surface area contributed by atoms with Crippen molar-refractivity contribution in [1.29, 1.82) is 0 Å². The maximum absolute atomic E-state index is 12.6. The van der Waals surface area contributed by atoms with Gasteiger partial charge in [-0.2, -0.15) is 0 Å². The lowest BCUT2D eigenvalue weighted by Crippen LogP contribution is -2.49. The van der Waals surface area contributed by atoms with Gasteiger partial charge in [0.1, 0.15) is 36.6 Å². The number of hydrogen-bond donors (Lipinski definition) is 1. The molecular formula is C41H63NO12. The van der Waals surface area contributed by atoms with Crippen LogP contribution in [0.5, 0.6) is 0 Å². The lowest BCUT2D eigenvalue weighted by Gasteiger charge is -2.39. The van der Waals surface area contributed by atoms with E-state index in [1.165, 1.54) is 27.7 Å². The third-order valence-electron chi connectivity index (χ3n) is 9.70. The number of amides is 1. The second-order valence-electron chi connectivity index (χ2n) is 14.8. The zero-order valence-corrected chi connectivity index (χ0v) is 34.1. The zero-order chi connectivity index (χ0) is 41.4. The summed E-state index contributed by atoms with van der Waals surface area (Å²) in [5, 5.41) is 0.